The SMILES string of the molecule is C#CCOCC(=O)NCCc1ccc(OCC#C)c(OC)c1. The van der Waals surface area contributed by atoms with Crippen LogP contribution in [-0.2, 0) is 16.0 Å². The number of hydrogen-bond donors (Lipinski definition) is 1. The lowest BCUT2D eigenvalue weighted by molar-refractivity contribution is -0.125. The molecule has 0 aliphatic heterocycles. The van der Waals surface area contributed by atoms with Crippen LogP contribution < -0.4 is 14.8 Å². The lowest BCUT2D eigenvalue weighted by Crippen LogP contribution is -2.29. The van der Waals surface area contributed by atoms with Crippen molar-refractivity contribution < 1.29 is 19.0 Å². The molecular weight excluding hydrogens is 282 g/mol. The standard InChI is InChI=1S/C17H19NO4/c1-4-10-21-13-17(19)18-9-8-14-6-7-15(22-11-5-2)16(12-14)20-3/h1-2,6-7,12H,8-11,13H2,3H3,(H,18,19). The fourth-order valence-corrected chi connectivity index (χ4v) is 1.71. The second-order valence-electron chi connectivity index (χ2n) is 4.27. The van der Waals surface area contributed by atoms with Gasteiger partial charge < -0.3 is 19.5 Å². The van der Waals surface area contributed by atoms with Crippen molar-refractivity contribution in [3.05, 3.63) is 23.8 Å². The lowest BCUT2D eigenvalue weighted by atomic mass is 10.1. The summed E-state index contributed by atoms with van der Waals surface area (Å²) in [6.45, 7) is 0.769. The summed E-state index contributed by atoms with van der Waals surface area (Å²) in [4.78, 5) is 11.4. The molecule has 5 nitrogen and oxygen atoms in total. The summed E-state index contributed by atoms with van der Waals surface area (Å²) in [6.07, 6.45) is 10.8. The lowest BCUT2D eigenvalue weighted by Gasteiger charge is -2.11. The van der Waals surface area contributed by atoms with E-state index >= 15 is 0 Å². The first kappa shape index (κ1) is 17.4. The monoisotopic (exact) mass is 301 g/mol. The van der Waals surface area contributed by atoms with Gasteiger partial charge in [-0.05, 0) is 24.1 Å². The van der Waals surface area contributed by atoms with Crippen molar-refractivity contribution in [3.63, 3.8) is 0 Å². The molecule has 0 aliphatic carbocycles. The molecule has 0 unspecified atom stereocenters. The second kappa shape index (κ2) is 10.1. The molecular formula is C17H19NO4. The molecule has 5 heteroatoms. The molecule has 0 radical (unpaired) electrons. The van der Waals surface area contributed by atoms with Crippen LogP contribution in [-0.4, -0.2) is 39.4 Å². The summed E-state index contributed by atoms with van der Waals surface area (Å²) in [5, 5.41) is 2.75. The number of hydrogen-bond acceptors (Lipinski definition) is 4. The Hall–Kier alpha value is -2.63. The average Bonchev–Trinajstić information content (AvgIpc) is 2.53. The highest BCUT2D eigenvalue weighted by Gasteiger charge is 2.06. The molecule has 0 heterocycles. The first-order valence-corrected chi connectivity index (χ1v) is 6.72. The number of ether oxygens (including phenoxy) is 3. The summed E-state index contributed by atoms with van der Waals surface area (Å²) in [5.74, 6) is 5.70. The molecule has 0 saturated heterocycles. The number of carbonyl (C=O) groups excluding carboxylic acids is 1. The van der Waals surface area contributed by atoms with Crippen molar-refractivity contribution in [2.75, 3.05) is 33.5 Å². The van der Waals surface area contributed by atoms with Crippen LogP contribution in [0.1, 0.15) is 5.56 Å². The molecule has 0 fully saturated rings. The van der Waals surface area contributed by atoms with Crippen molar-refractivity contribution >= 4 is 5.91 Å². The highest BCUT2D eigenvalue weighted by molar-refractivity contribution is 5.77. The number of amides is 1. The summed E-state index contributed by atoms with van der Waals surface area (Å²) in [5.41, 5.74) is 1.01. The minimum absolute atomic E-state index is 0.0353. The fraction of sp³-hybridized carbons (Fsp3) is 0.353. The van der Waals surface area contributed by atoms with E-state index in [4.69, 9.17) is 27.1 Å². The molecule has 22 heavy (non-hydrogen) atoms. The Morgan fingerprint density at radius 1 is 1.23 bits per heavy atom. The number of carbonyl (C=O) groups is 1. The molecule has 0 bridgehead atoms. The predicted molar refractivity (Wildman–Crippen MR) is 83.7 cm³/mol. The number of rotatable bonds is 9. The second-order valence-corrected chi connectivity index (χ2v) is 4.27. The number of nitrogens with one attached hydrogen (secondary N) is 1. The van der Waals surface area contributed by atoms with E-state index in [1.807, 2.05) is 12.1 Å². The van der Waals surface area contributed by atoms with Gasteiger partial charge in [0.15, 0.2) is 11.5 Å². The van der Waals surface area contributed by atoms with E-state index in [2.05, 4.69) is 17.2 Å². The highest BCUT2D eigenvalue weighted by atomic mass is 16.5. The Labute approximate surface area is 130 Å². The van der Waals surface area contributed by atoms with Crippen molar-refractivity contribution in [2.24, 2.45) is 0 Å². The summed E-state index contributed by atoms with van der Waals surface area (Å²) < 4.78 is 15.6. The minimum Gasteiger partial charge on any atom is -0.493 e. The molecule has 1 aromatic carbocycles. The van der Waals surface area contributed by atoms with Gasteiger partial charge in [0, 0.05) is 6.54 Å². The molecule has 1 aromatic rings. The van der Waals surface area contributed by atoms with E-state index in [1.54, 1.807) is 13.2 Å². The first-order valence-electron chi connectivity index (χ1n) is 6.72. The Kier molecular flexibility index (Phi) is 8.04. The largest absolute Gasteiger partial charge is 0.493 e. The third kappa shape index (κ3) is 6.21. The third-order valence-electron chi connectivity index (χ3n) is 2.69. The maximum absolute atomic E-state index is 11.4. The van der Waals surface area contributed by atoms with Gasteiger partial charge >= 0.3 is 0 Å². The van der Waals surface area contributed by atoms with E-state index in [0.29, 0.717) is 24.5 Å². The van der Waals surface area contributed by atoms with Gasteiger partial charge in [-0.1, -0.05) is 17.9 Å². The molecule has 0 aromatic heterocycles. The van der Waals surface area contributed by atoms with Crippen molar-refractivity contribution in [1.29, 1.82) is 0 Å². The zero-order valence-corrected chi connectivity index (χ0v) is 12.6. The van der Waals surface area contributed by atoms with E-state index in [0.717, 1.165) is 5.56 Å². The van der Waals surface area contributed by atoms with E-state index in [9.17, 15) is 4.79 Å². The van der Waals surface area contributed by atoms with Gasteiger partial charge in [-0.2, -0.15) is 0 Å². The smallest absolute Gasteiger partial charge is 0.246 e. The molecule has 0 aliphatic rings. The molecule has 1 rings (SSSR count). The number of terminal acetylenes is 2. The Bertz CT molecular complexity index is 569. The maximum atomic E-state index is 11.4. The van der Waals surface area contributed by atoms with Crippen LogP contribution in [0.5, 0.6) is 11.5 Å². The predicted octanol–water partition coefficient (Wildman–Crippen LogP) is 1.02. The average molecular weight is 301 g/mol. The molecule has 1 N–H and O–H groups in total. The molecule has 116 valence electrons. The Balaban J connectivity index is 2.45. The molecule has 0 spiro atoms. The summed E-state index contributed by atoms with van der Waals surface area (Å²) in [6, 6.07) is 5.55. The van der Waals surface area contributed by atoms with Gasteiger partial charge in [0.25, 0.3) is 0 Å². The van der Waals surface area contributed by atoms with Gasteiger partial charge in [0.05, 0.1) is 7.11 Å². The Morgan fingerprint density at radius 2 is 2.00 bits per heavy atom. The molecule has 1 amide bonds. The van der Waals surface area contributed by atoms with E-state index in [-0.39, 0.29) is 25.7 Å². The van der Waals surface area contributed by atoms with Crippen LogP contribution in [0.4, 0.5) is 0 Å². The van der Waals surface area contributed by atoms with Crippen LogP contribution in [0.2, 0.25) is 0 Å². The summed E-state index contributed by atoms with van der Waals surface area (Å²) >= 11 is 0. The normalized spacial score (nSPS) is 9.41. The Morgan fingerprint density at radius 3 is 2.68 bits per heavy atom. The molecule has 0 saturated carbocycles. The third-order valence-corrected chi connectivity index (χ3v) is 2.69. The van der Waals surface area contributed by atoms with Crippen molar-refractivity contribution in [3.8, 4) is 36.2 Å². The van der Waals surface area contributed by atoms with E-state index in [1.165, 1.54) is 0 Å². The van der Waals surface area contributed by atoms with Crippen LogP contribution in [0.15, 0.2) is 18.2 Å². The molecule has 0 atom stereocenters. The quantitative estimate of drug-likeness (QED) is 0.546. The summed E-state index contributed by atoms with van der Waals surface area (Å²) in [7, 11) is 1.56. The zero-order chi connectivity index (χ0) is 16.2. The van der Waals surface area contributed by atoms with Crippen molar-refractivity contribution in [1.82, 2.24) is 5.32 Å². The minimum atomic E-state index is -0.198. The topological polar surface area (TPSA) is 56.8 Å². The maximum Gasteiger partial charge on any atom is 0.246 e. The van der Waals surface area contributed by atoms with Crippen molar-refractivity contribution in [2.45, 2.75) is 6.42 Å². The van der Waals surface area contributed by atoms with Crippen LogP contribution in [0.3, 0.4) is 0 Å². The van der Waals surface area contributed by atoms with Gasteiger partial charge in [-0.3, -0.25) is 4.79 Å². The fourth-order valence-electron chi connectivity index (χ4n) is 1.71. The van der Waals surface area contributed by atoms with Gasteiger partial charge in [-0.15, -0.1) is 12.8 Å². The van der Waals surface area contributed by atoms with Gasteiger partial charge in [0.2, 0.25) is 5.91 Å². The number of benzene rings is 1. The van der Waals surface area contributed by atoms with Crippen LogP contribution >= 0.6 is 0 Å². The first-order chi connectivity index (χ1) is 10.7. The number of methoxy groups -OCH3 is 1. The van der Waals surface area contributed by atoms with E-state index < -0.39 is 0 Å². The van der Waals surface area contributed by atoms with Crippen LogP contribution in [0.25, 0.3) is 0 Å². The zero-order valence-electron chi connectivity index (χ0n) is 12.6. The highest BCUT2D eigenvalue weighted by Crippen LogP contribution is 2.28. The van der Waals surface area contributed by atoms with Gasteiger partial charge in [-0.25, -0.2) is 0 Å². The van der Waals surface area contributed by atoms with Gasteiger partial charge in [0.1, 0.15) is 19.8 Å². The van der Waals surface area contributed by atoms with Crippen LogP contribution in [0, 0.1) is 24.7 Å².